The van der Waals surface area contributed by atoms with Crippen molar-refractivity contribution in [2.24, 2.45) is 5.41 Å². The van der Waals surface area contributed by atoms with E-state index in [1.54, 1.807) is 0 Å². The fourth-order valence-corrected chi connectivity index (χ4v) is 3.11. The Labute approximate surface area is 113 Å². The second-order valence-electron chi connectivity index (χ2n) is 4.76. The van der Waals surface area contributed by atoms with E-state index in [1.807, 2.05) is 0 Å². The van der Waals surface area contributed by atoms with Crippen LogP contribution in [0.3, 0.4) is 0 Å². The number of aliphatic carboxylic acids is 1. The number of thioether (sulfide) groups is 1. The molecule has 1 aromatic rings. The van der Waals surface area contributed by atoms with Crippen LogP contribution in [-0.2, 0) is 4.79 Å². The summed E-state index contributed by atoms with van der Waals surface area (Å²) in [7, 11) is 0. The van der Waals surface area contributed by atoms with E-state index in [4.69, 9.17) is 5.11 Å². The van der Waals surface area contributed by atoms with Crippen molar-refractivity contribution in [3.05, 3.63) is 34.1 Å². The first-order chi connectivity index (χ1) is 8.90. The molecular weight excluding hydrogens is 273 g/mol. The molecule has 1 saturated carbocycles. The summed E-state index contributed by atoms with van der Waals surface area (Å²) in [6.07, 6.45) is 1.77. The van der Waals surface area contributed by atoms with Crippen molar-refractivity contribution in [2.75, 3.05) is 5.75 Å². The monoisotopic (exact) mass is 285 g/mol. The molecule has 5 nitrogen and oxygen atoms in total. The van der Waals surface area contributed by atoms with Crippen LogP contribution < -0.4 is 0 Å². The number of hydrogen-bond donors (Lipinski definition) is 1. The molecular formula is C12H12FNO4S. The Morgan fingerprint density at radius 2 is 2.16 bits per heavy atom. The lowest BCUT2D eigenvalue weighted by Crippen LogP contribution is -2.10. The van der Waals surface area contributed by atoms with Crippen molar-refractivity contribution in [2.45, 2.75) is 24.2 Å². The zero-order chi connectivity index (χ0) is 14.0. The minimum Gasteiger partial charge on any atom is -0.481 e. The van der Waals surface area contributed by atoms with Gasteiger partial charge in [0.25, 0.3) is 5.69 Å². The molecule has 0 spiro atoms. The molecule has 1 fully saturated rings. The molecule has 2 rings (SSSR count). The molecule has 19 heavy (non-hydrogen) atoms. The number of carboxylic acid groups (broad SMARTS) is 1. The molecule has 1 aromatic carbocycles. The summed E-state index contributed by atoms with van der Waals surface area (Å²) < 4.78 is 13.2. The number of carboxylic acids is 1. The van der Waals surface area contributed by atoms with Crippen LogP contribution in [0, 0.1) is 21.3 Å². The molecule has 102 valence electrons. The first kappa shape index (κ1) is 13.8. The highest BCUT2D eigenvalue weighted by Crippen LogP contribution is 2.52. The zero-order valence-electron chi connectivity index (χ0n) is 9.97. The SMILES string of the molecule is O=C(O)CC1(CSc2cc(F)cc([N+](=O)[O-])c2)CC1. The van der Waals surface area contributed by atoms with Crippen molar-refractivity contribution >= 4 is 23.4 Å². The zero-order valence-corrected chi connectivity index (χ0v) is 10.8. The highest BCUT2D eigenvalue weighted by molar-refractivity contribution is 7.99. The van der Waals surface area contributed by atoms with Gasteiger partial charge in [-0.3, -0.25) is 14.9 Å². The molecule has 0 radical (unpaired) electrons. The summed E-state index contributed by atoms with van der Waals surface area (Å²) in [6, 6.07) is 3.41. The van der Waals surface area contributed by atoms with E-state index in [2.05, 4.69) is 0 Å². The van der Waals surface area contributed by atoms with Crippen LogP contribution in [-0.4, -0.2) is 21.8 Å². The van der Waals surface area contributed by atoms with E-state index in [0.29, 0.717) is 10.6 Å². The molecule has 7 heteroatoms. The topological polar surface area (TPSA) is 80.4 Å². The average molecular weight is 285 g/mol. The number of carbonyl (C=O) groups is 1. The quantitative estimate of drug-likeness (QED) is 0.493. The number of non-ortho nitro benzene ring substituents is 1. The Morgan fingerprint density at radius 1 is 1.47 bits per heavy atom. The maximum atomic E-state index is 13.2. The first-order valence-electron chi connectivity index (χ1n) is 5.70. The van der Waals surface area contributed by atoms with Crippen molar-refractivity contribution in [3.63, 3.8) is 0 Å². The fraction of sp³-hybridized carbons (Fsp3) is 0.417. The van der Waals surface area contributed by atoms with Crippen molar-refractivity contribution in [3.8, 4) is 0 Å². The van der Waals surface area contributed by atoms with Gasteiger partial charge in [-0.15, -0.1) is 11.8 Å². The number of nitrogens with zero attached hydrogens (tertiary/aromatic N) is 1. The lowest BCUT2D eigenvalue weighted by atomic mass is 10.1. The summed E-state index contributed by atoms with van der Waals surface area (Å²) >= 11 is 1.27. The van der Waals surface area contributed by atoms with Crippen molar-refractivity contribution in [1.82, 2.24) is 0 Å². The molecule has 1 N–H and O–H groups in total. The van der Waals surface area contributed by atoms with Crippen LogP contribution in [0.5, 0.6) is 0 Å². The average Bonchev–Trinajstić information content (AvgIpc) is 3.05. The number of nitro groups is 1. The van der Waals surface area contributed by atoms with Crippen LogP contribution >= 0.6 is 11.8 Å². The molecule has 0 atom stereocenters. The molecule has 1 aliphatic rings. The van der Waals surface area contributed by atoms with Crippen LogP contribution in [0.4, 0.5) is 10.1 Å². The molecule has 0 bridgehead atoms. The number of nitro benzene ring substituents is 1. The smallest absolute Gasteiger partial charge is 0.303 e. The third-order valence-corrected chi connectivity index (χ3v) is 4.42. The third kappa shape index (κ3) is 3.66. The van der Waals surface area contributed by atoms with Gasteiger partial charge in [-0.05, 0) is 24.3 Å². The van der Waals surface area contributed by atoms with Gasteiger partial charge in [0.2, 0.25) is 0 Å². The van der Waals surface area contributed by atoms with Crippen LogP contribution in [0.1, 0.15) is 19.3 Å². The van der Waals surface area contributed by atoms with E-state index in [-0.39, 0.29) is 17.5 Å². The minimum absolute atomic E-state index is 0.0947. The molecule has 0 amide bonds. The second-order valence-corrected chi connectivity index (χ2v) is 5.81. The lowest BCUT2D eigenvalue weighted by Gasteiger charge is -2.11. The predicted octanol–water partition coefficient (Wildman–Crippen LogP) is 3.08. The Kier molecular flexibility index (Phi) is 3.75. The van der Waals surface area contributed by atoms with E-state index in [9.17, 15) is 19.3 Å². The predicted molar refractivity (Wildman–Crippen MR) is 67.7 cm³/mol. The van der Waals surface area contributed by atoms with Crippen LogP contribution in [0.25, 0.3) is 0 Å². The standard InChI is InChI=1S/C12H12FNO4S/c13-8-3-9(14(17)18)5-10(4-8)19-7-12(1-2-12)6-11(15)16/h3-5H,1-2,6-7H2,(H,15,16). The van der Waals surface area contributed by atoms with Gasteiger partial charge in [0, 0.05) is 16.7 Å². The number of rotatable bonds is 6. The summed E-state index contributed by atoms with van der Waals surface area (Å²) in [5.74, 6) is -0.956. The molecule has 0 unspecified atom stereocenters. The third-order valence-electron chi connectivity index (χ3n) is 3.10. The van der Waals surface area contributed by atoms with E-state index < -0.39 is 16.7 Å². The minimum atomic E-state index is -0.844. The Morgan fingerprint density at radius 3 is 2.68 bits per heavy atom. The van der Waals surface area contributed by atoms with Gasteiger partial charge in [0.15, 0.2) is 0 Å². The lowest BCUT2D eigenvalue weighted by molar-refractivity contribution is -0.385. The van der Waals surface area contributed by atoms with Crippen LogP contribution in [0.2, 0.25) is 0 Å². The van der Waals surface area contributed by atoms with E-state index in [0.717, 1.165) is 18.9 Å². The normalized spacial score (nSPS) is 16.1. The molecule has 0 saturated heterocycles. The highest BCUT2D eigenvalue weighted by Gasteiger charge is 2.44. The first-order valence-corrected chi connectivity index (χ1v) is 6.68. The Balaban J connectivity index is 2.04. The van der Waals surface area contributed by atoms with Crippen LogP contribution in [0.15, 0.2) is 23.1 Å². The van der Waals surface area contributed by atoms with E-state index in [1.165, 1.54) is 23.9 Å². The van der Waals surface area contributed by atoms with Crippen molar-refractivity contribution in [1.29, 1.82) is 0 Å². The number of hydrogen-bond acceptors (Lipinski definition) is 4. The maximum Gasteiger partial charge on any atom is 0.303 e. The van der Waals surface area contributed by atoms with Gasteiger partial charge in [-0.2, -0.15) is 0 Å². The number of halogens is 1. The summed E-state index contributed by atoms with van der Waals surface area (Å²) in [4.78, 5) is 21.1. The summed E-state index contributed by atoms with van der Waals surface area (Å²) in [5, 5.41) is 19.4. The van der Waals surface area contributed by atoms with Crippen molar-refractivity contribution < 1.29 is 19.2 Å². The fourth-order valence-electron chi connectivity index (χ4n) is 1.84. The van der Waals surface area contributed by atoms with Gasteiger partial charge >= 0.3 is 5.97 Å². The molecule has 1 aliphatic carbocycles. The highest BCUT2D eigenvalue weighted by atomic mass is 32.2. The van der Waals surface area contributed by atoms with Gasteiger partial charge in [0.1, 0.15) is 5.82 Å². The summed E-state index contributed by atoms with van der Waals surface area (Å²) in [6.45, 7) is 0. The van der Waals surface area contributed by atoms with Gasteiger partial charge in [0.05, 0.1) is 17.4 Å². The molecule has 0 aromatic heterocycles. The Hall–Kier alpha value is -1.63. The van der Waals surface area contributed by atoms with Gasteiger partial charge in [-0.1, -0.05) is 0 Å². The van der Waals surface area contributed by atoms with Gasteiger partial charge < -0.3 is 5.11 Å². The van der Waals surface area contributed by atoms with Gasteiger partial charge in [-0.25, -0.2) is 4.39 Å². The Bertz CT molecular complexity index is 530. The second kappa shape index (κ2) is 5.16. The molecule has 0 aliphatic heterocycles. The maximum absolute atomic E-state index is 13.2. The molecule has 0 heterocycles. The van der Waals surface area contributed by atoms with E-state index >= 15 is 0 Å². The summed E-state index contributed by atoms with van der Waals surface area (Å²) in [5.41, 5.74) is -0.511. The number of benzene rings is 1. The largest absolute Gasteiger partial charge is 0.481 e.